The third kappa shape index (κ3) is 3.61. The summed E-state index contributed by atoms with van der Waals surface area (Å²) in [6, 6.07) is 14.7. The molecule has 0 unspecified atom stereocenters. The topological polar surface area (TPSA) is 35.2 Å². The van der Waals surface area contributed by atoms with Crippen molar-refractivity contribution in [3.63, 3.8) is 0 Å². The first-order chi connectivity index (χ1) is 9.60. The van der Waals surface area contributed by atoms with Crippen molar-refractivity contribution < 1.29 is 4.74 Å². The molecule has 2 aromatic carbocycles. The lowest BCUT2D eigenvalue weighted by atomic mass is 10.0. The van der Waals surface area contributed by atoms with E-state index in [1.807, 2.05) is 12.1 Å². The van der Waals surface area contributed by atoms with Crippen molar-refractivity contribution in [2.45, 2.75) is 39.8 Å². The second-order valence-electron chi connectivity index (χ2n) is 5.49. The summed E-state index contributed by atoms with van der Waals surface area (Å²) in [5, 5.41) is 0. The molecule has 0 saturated carbocycles. The van der Waals surface area contributed by atoms with E-state index in [0.717, 1.165) is 16.9 Å². The van der Waals surface area contributed by atoms with Crippen molar-refractivity contribution in [1.82, 2.24) is 0 Å². The molecule has 2 nitrogen and oxygen atoms in total. The number of nitrogens with two attached hydrogens (primary N) is 1. The Morgan fingerprint density at radius 2 is 1.65 bits per heavy atom. The second-order valence-corrected chi connectivity index (χ2v) is 5.49. The van der Waals surface area contributed by atoms with Crippen molar-refractivity contribution in [1.29, 1.82) is 0 Å². The molecule has 0 heterocycles. The lowest BCUT2D eigenvalue weighted by Crippen LogP contribution is -2.00. The molecule has 0 atom stereocenters. The fraction of sp³-hybridized carbons (Fsp3) is 0.333. The Balaban J connectivity index is 2.03. The average Bonchev–Trinajstić information content (AvgIpc) is 2.46. The predicted molar refractivity (Wildman–Crippen MR) is 83.9 cm³/mol. The zero-order chi connectivity index (χ0) is 14.5. The molecule has 0 saturated heterocycles. The zero-order valence-electron chi connectivity index (χ0n) is 12.5. The Kier molecular flexibility index (Phi) is 4.80. The first-order valence-electron chi connectivity index (χ1n) is 7.11. The molecule has 0 bridgehead atoms. The largest absolute Gasteiger partial charge is 0.489 e. The molecule has 2 N–H and O–H groups in total. The van der Waals surface area contributed by atoms with Gasteiger partial charge >= 0.3 is 0 Å². The van der Waals surface area contributed by atoms with Crippen LogP contribution in [0.25, 0.3) is 0 Å². The molecular weight excluding hydrogens is 246 g/mol. The Bertz CT molecular complexity index is 558. The summed E-state index contributed by atoms with van der Waals surface area (Å²) in [4.78, 5) is 0. The van der Waals surface area contributed by atoms with Crippen LogP contribution in [0.2, 0.25) is 0 Å². The van der Waals surface area contributed by atoms with Crippen LogP contribution in [-0.4, -0.2) is 0 Å². The van der Waals surface area contributed by atoms with Crippen molar-refractivity contribution >= 4 is 0 Å². The molecule has 2 rings (SSSR count). The van der Waals surface area contributed by atoms with Gasteiger partial charge in [0.2, 0.25) is 0 Å². The van der Waals surface area contributed by atoms with Gasteiger partial charge in [0.15, 0.2) is 0 Å². The highest BCUT2D eigenvalue weighted by molar-refractivity contribution is 5.37. The van der Waals surface area contributed by atoms with E-state index in [9.17, 15) is 0 Å². The normalized spacial score (nSPS) is 10.8. The van der Waals surface area contributed by atoms with E-state index >= 15 is 0 Å². The van der Waals surface area contributed by atoms with Crippen LogP contribution in [0.3, 0.4) is 0 Å². The van der Waals surface area contributed by atoms with E-state index in [1.165, 1.54) is 11.1 Å². The van der Waals surface area contributed by atoms with Gasteiger partial charge in [0.25, 0.3) is 0 Å². The van der Waals surface area contributed by atoms with Crippen LogP contribution in [0.15, 0.2) is 42.5 Å². The number of ether oxygens (including phenoxy) is 1. The average molecular weight is 269 g/mol. The highest BCUT2D eigenvalue weighted by atomic mass is 16.5. The molecule has 0 aliphatic rings. The van der Waals surface area contributed by atoms with Crippen molar-refractivity contribution in [2.75, 3.05) is 0 Å². The number of hydrogen-bond donors (Lipinski definition) is 1. The fourth-order valence-corrected chi connectivity index (χ4v) is 2.13. The maximum atomic E-state index is 5.90. The monoisotopic (exact) mass is 269 g/mol. The lowest BCUT2D eigenvalue weighted by molar-refractivity contribution is 0.304. The maximum Gasteiger partial charge on any atom is 0.122 e. The minimum absolute atomic E-state index is 0.548. The highest BCUT2D eigenvalue weighted by Crippen LogP contribution is 2.24. The molecule has 0 fully saturated rings. The van der Waals surface area contributed by atoms with Gasteiger partial charge in [-0.2, -0.15) is 0 Å². The molecule has 106 valence electrons. The van der Waals surface area contributed by atoms with Gasteiger partial charge in [0.05, 0.1) is 0 Å². The Hall–Kier alpha value is -1.80. The van der Waals surface area contributed by atoms with Gasteiger partial charge in [0.1, 0.15) is 12.4 Å². The van der Waals surface area contributed by atoms with Crippen LogP contribution in [0.4, 0.5) is 0 Å². The van der Waals surface area contributed by atoms with Crippen LogP contribution >= 0.6 is 0 Å². The van der Waals surface area contributed by atoms with Crippen LogP contribution in [0.1, 0.15) is 42.0 Å². The van der Waals surface area contributed by atoms with Crippen LogP contribution in [-0.2, 0) is 13.2 Å². The van der Waals surface area contributed by atoms with Crippen LogP contribution < -0.4 is 10.5 Å². The summed E-state index contributed by atoms with van der Waals surface area (Å²) >= 11 is 0. The summed E-state index contributed by atoms with van der Waals surface area (Å²) in [5.41, 5.74) is 10.4. The zero-order valence-corrected chi connectivity index (χ0v) is 12.5. The van der Waals surface area contributed by atoms with E-state index in [0.29, 0.717) is 19.1 Å². The first-order valence-corrected chi connectivity index (χ1v) is 7.11. The Labute approximate surface area is 121 Å². The van der Waals surface area contributed by atoms with Crippen molar-refractivity contribution in [3.05, 3.63) is 64.7 Å². The third-order valence-electron chi connectivity index (χ3n) is 3.52. The number of benzene rings is 2. The van der Waals surface area contributed by atoms with Gasteiger partial charge in [-0.05, 0) is 41.2 Å². The molecule has 2 heteroatoms. The molecule has 0 aliphatic carbocycles. The standard InChI is InChI=1S/C18H23NO/c1-13(2)17-8-9-18(14(3)10-17)20-12-16-6-4-15(11-19)5-7-16/h4-10,13H,11-12,19H2,1-3H3. The number of aryl methyl sites for hydroxylation is 1. The second kappa shape index (κ2) is 6.58. The van der Waals surface area contributed by atoms with E-state index in [4.69, 9.17) is 10.5 Å². The minimum atomic E-state index is 0.548. The fourth-order valence-electron chi connectivity index (χ4n) is 2.13. The number of rotatable bonds is 5. The molecule has 2 aromatic rings. The van der Waals surface area contributed by atoms with E-state index in [-0.39, 0.29) is 0 Å². The SMILES string of the molecule is Cc1cc(C(C)C)ccc1OCc1ccc(CN)cc1. The Morgan fingerprint density at radius 3 is 2.20 bits per heavy atom. The van der Waals surface area contributed by atoms with Gasteiger partial charge < -0.3 is 10.5 Å². The third-order valence-corrected chi connectivity index (χ3v) is 3.52. The molecule has 20 heavy (non-hydrogen) atoms. The van der Waals surface area contributed by atoms with Crippen molar-refractivity contribution in [2.24, 2.45) is 5.73 Å². The molecular formula is C18H23NO. The molecule has 0 spiro atoms. The minimum Gasteiger partial charge on any atom is -0.489 e. The van der Waals surface area contributed by atoms with Crippen LogP contribution in [0, 0.1) is 6.92 Å². The van der Waals surface area contributed by atoms with Gasteiger partial charge in [-0.15, -0.1) is 0 Å². The molecule has 0 aliphatic heterocycles. The van der Waals surface area contributed by atoms with Gasteiger partial charge in [-0.1, -0.05) is 50.2 Å². The summed E-state index contributed by atoms with van der Waals surface area (Å²) in [6.07, 6.45) is 0. The van der Waals surface area contributed by atoms with Gasteiger partial charge in [-0.25, -0.2) is 0 Å². The van der Waals surface area contributed by atoms with E-state index in [2.05, 4.69) is 51.1 Å². The smallest absolute Gasteiger partial charge is 0.122 e. The first kappa shape index (κ1) is 14.6. The molecule has 0 amide bonds. The summed E-state index contributed by atoms with van der Waals surface area (Å²) in [5.74, 6) is 1.50. The molecule has 0 aromatic heterocycles. The van der Waals surface area contributed by atoms with Crippen LogP contribution in [0.5, 0.6) is 5.75 Å². The van der Waals surface area contributed by atoms with Gasteiger partial charge in [0, 0.05) is 6.54 Å². The summed E-state index contributed by atoms with van der Waals surface area (Å²) in [7, 11) is 0. The van der Waals surface area contributed by atoms with E-state index in [1.54, 1.807) is 0 Å². The lowest BCUT2D eigenvalue weighted by Gasteiger charge is -2.12. The predicted octanol–water partition coefficient (Wildman–Crippen LogP) is 4.16. The quantitative estimate of drug-likeness (QED) is 0.884. The van der Waals surface area contributed by atoms with E-state index < -0.39 is 0 Å². The summed E-state index contributed by atoms with van der Waals surface area (Å²) in [6.45, 7) is 7.67. The maximum absolute atomic E-state index is 5.90. The van der Waals surface area contributed by atoms with Crippen molar-refractivity contribution in [3.8, 4) is 5.75 Å². The molecule has 0 radical (unpaired) electrons. The number of hydrogen-bond acceptors (Lipinski definition) is 2. The summed E-state index contributed by atoms with van der Waals surface area (Å²) < 4.78 is 5.90. The highest BCUT2D eigenvalue weighted by Gasteiger charge is 2.04. The van der Waals surface area contributed by atoms with Gasteiger partial charge in [-0.3, -0.25) is 0 Å². The Morgan fingerprint density at radius 1 is 1.00 bits per heavy atom.